The van der Waals surface area contributed by atoms with Crippen molar-refractivity contribution in [2.24, 2.45) is 0 Å². The number of phenolic OH excluding ortho intramolecular Hbond substituents is 1. The Kier molecular flexibility index (Phi) is 5.10. The molecule has 0 spiro atoms. The number of fused-ring (bicyclic) bond motifs is 1. The predicted octanol–water partition coefficient (Wildman–Crippen LogP) is 5.69. The average Bonchev–Trinajstić information content (AvgIpc) is 2.96. The van der Waals surface area contributed by atoms with Crippen molar-refractivity contribution < 1.29 is 14.6 Å². The molecule has 5 heteroatoms. The standard InChI is InChI=1S/C27H26N2O3/c1-16-8-10-20-21(12-16)29-27(18-9-11-23(30)25(15-18)32-2)26-22(28-20)13-19(14-24(26)31)17-6-4-3-5-7-17/h3-12,15,19,27-30H,13-14H2,1-2H3/t19-,27+/m1/s1. The number of benzene rings is 3. The fourth-order valence-corrected chi connectivity index (χ4v) is 4.75. The summed E-state index contributed by atoms with van der Waals surface area (Å²) in [4.78, 5) is 13.6. The third kappa shape index (κ3) is 3.60. The molecular weight excluding hydrogens is 400 g/mol. The van der Waals surface area contributed by atoms with Crippen LogP contribution < -0.4 is 15.4 Å². The van der Waals surface area contributed by atoms with Gasteiger partial charge in [-0.15, -0.1) is 0 Å². The number of aromatic hydroxyl groups is 1. The van der Waals surface area contributed by atoms with E-state index in [1.165, 1.54) is 12.7 Å². The van der Waals surface area contributed by atoms with E-state index in [-0.39, 0.29) is 23.5 Å². The summed E-state index contributed by atoms with van der Waals surface area (Å²) in [7, 11) is 1.53. The van der Waals surface area contributed by atoms with Crippen LogP contribution >= 0.6 is 0 Å². The van der Waals surface area contributed by atoms with Gasteiger partial charge in [-0.1, -0.05) is 42.5 Å². The van der Waals surface area contributed by atoms with Crippen LogP contribution in [-0.2, 0) is 4.79 Å². The van der Waals surface area contributed by atoms with Gasteiger partial charge in [-0.3, -0.25) is 4.79 Å². The number of ether oxygens (including phenoxy) is 1. The van der Waals surface area contributed by atoms with Gasteiger partial charge in [0.15, 0.2) is 17.3 Å². The number of carbonyl (C=O) groups excluding carboxylic acids is 1. The van der Waals surface area contributed by atoms with Crippen molar-refractivity contribution in [3.63, 3.8) is 0 Å². The van der Waals surface area contributed by atoms with Crippen molar-refractivity contribution >= 4 is 17.2 Å². The van der Waals surface area contributed by atoms with Crippen molar-refractivity contribution in [3.05, 3.63) is 94.7 Å². The summed E-state index contributed by atoms with van der Waals surface area (Å²) in [6.07, 6.45) is 1.22. The monoisotopic (exact) mass is 426 g/mol. The Labute approximate surface area is 187 Å². The Bertz CT molecular complexity index is 1220. The summed E-state index contributed by atoms with van der Waals surface area (Å²) in [5.74, 6) is 0.727. The van der Waals surface area contributed by atoms with E-state index in [0.29, 0.717) is 12.2 Å². The number of phenols is 1. The number of Topliss-reactive ketones (excluding diaryl/α,β-unsaturated/α-hetero) is 1. The molecule has 2 atom stereocenters. The number of hydrogen-bond acceptors (Lipinski definition) is 5. The Morgan fingerprint density at radius 1 is 0.938 bits per heavy atom. The second-order valence-electron chi connectivity index (χ2n) is 8.51. The topological polar surface area (TPSA) is 70.6 Å². The molecule has 3 N–H and O–H groups in total. The molecule has 2 aliphatic rings. The van der Waals surface area contributed by atoms with E-state index < -0.39 is 0 Å². The number of allylic oxidation sites excluding steroid dienone is 1. The maximum Gasteiger partial charge on any atom is 0.163 e. The predicted molar refractivity (Wildman–Crippen MR) is 126 cm³/mol. The van der Waals surface area contributed by atoms with Crippen molar-refractivity contribution in [1.29, 1.82) is 0 Å². The summed E-state index contributed by atoms with van der Waals surface area (Å²) in [5.41, 5.74) is 6.78. The molecule has 32 heavy (non-hydrogen) atoms. The van der Waals surface area contributed by atoms with Crippen LogP contribution in [0.1, 0.15) is 41.5 Å². The number of hydrogen-bond donors (Lipinski definition) is 3. The van der Waals surface area contributed by atoms with Gasteiger partial charge in [0.2, 0.25) is 0 Å². The van der Waals surface area contributed by atoms with Gasteiger partial charge in [-0.25, -0.2) is 0 Å². The van der Waals surface area contributed by atoms with Gasteiger partial charge in [-0.05, 0) is 60.2 Å². The Hall–Kier alpha value is -3.73. The molecule has 0 saturated heterocycles. The molecule has 0 aromatic heterocycles. The molecule has 5 nitrogen and oxygen atoms in total. The van der Waals surface area contributed by atoms with Gasteiger partial charge < -0.3 is 20.5 Å². The summed E-state index contributed by atoms with van der Waals surface area (Å²) in [6, 6.07) is 21.4. The maximum atomic E-state index is 13.6. The third-order valence-electron chi connectivity index (χ3n) is 6.37. The van der Waals surface area contributed by atoms with E-state index in [2.05, 4.69) is 47.9 Å². The van der Waals surface area contributed by atoms with Crippen LogP contribution in [0.15, 0.2) is 78.0 Å². The number of carbonyl (C=O) groups is 1. The third-order valence-corrected chi connectivity index (χ3v) is 6.37. The van der Waals surface area contributed by atoms with Crippen molar-refractivity contribution in [1.82, 2.24) is 0 Å². The van der Waals surface area contributed by atoms with E-state index in [0.717, 1.165) is 40.2 Å². The van der Waals surface area contributed by atoms with Gasteiger partial charge in [0.05, 0.1) is 24.5 Å². The lowest BCUT2D eigenvalue weighted by molar-refractivity contribution is -0.116. The summed E-state index contributed by atoms with van der Waals surface area (Å²) in [5, 5.41) is 17.3. The SMILES string of the molecule is COc1cc([C@@H]2Nc3cc(C)ccc3NC3=C2C(=O)C[C@H](c2ccccc2)C3)ccc1O. The fourth-order valence-electron chi connectivity index (χ4n) is 4.75. The highest BCUT2D eigenvalue weighted by molar-refractivity contribution is 6.01. The lowest BCUT2D eigenvalue weighted by Gasteiger charge is -2.30. The van der Waals surface area contributed by atoms with Crippen molar-refractivity contribution in [2.75, 3.05) is 17.7 Å². The maximum absolute atomic E-state index is 13.6. The molecule has 0 saturated carbocycles. The zero-order valence-electron chi connectivity index (χ0n) is 18.2. The van der Waals surface area contributed by atoms with E-state index in [4.69, 9.17) is 4.74 Å². The molecule has 162 valence electrons. The quantitative estimate of drug-likeness (QED) is 0.502. The van der Waals surface area contributed by atoms with E-state index >= 15 is 0 Å². The highest BCUT2D eigenvalue weighted by Crippen LogP contribution is 2.45. The molecule has 0 radical (unpaired) electrons. The number of nitrogens with one attached hydrogen (secondary N) is 2. The van der Waals surface area contributed by atoms with Crippen LogP contribution in [0.25, 0.3) is 0 Å². The zero-order valence-corrected chi connectivity index (χ0v) is 18.2. The Morgan fingerprint density at radius 2 is 1.75 bits per heavy atom. The molecule has 0 amide bonds. The summed E-state index contributed by atoms with van der Waals surface area (Å²) < 4.78 is 5.34. The van der Waals surface area contributed by atoms with Crippen LogP contribution in [0.4, 0.5) is 11.4 Å². The minimum Gasteiger partial charge on any atom is -0.504 e. The molecule has 3 aromatic carbocycles. The lowest BCUT2D eigenvalue weighted by atomic mass is 9.78. The van der Waals surface area contributed by atoms with Crippen LogP contribution in [0.3, 0.4) is 0 Å². The molecule has 0 bridgehead atoms. The lowest BCUT2D eigenvalue weighted by Crippen LogP contribution is -2.26. The molecule has 3 aromatic rings. The second-order valence-corrected chi connectivity index (χ2v) is 8.51. The van der Waals surface area contributed by atoms with Gasteiger partial charge in [0.25, 0.3) is 0 Å². The molecule has 1 aliphatic carbocycles. The first kappa shape index (κ1) is 20.2. The minimum atomic E-state index is -0.348. The first-order chi connectivity index (χ1) is 15.5. The second kappa shape index (κ2) is 8.08. The highest BCUT2D eigenvalue weighted by Gasteiger charge is 2.36. The molecule has 0 fully saturated rings. The zero-order chi connectivity index (χ0) is 22.2. The van der Waals surface area contributed by atoms with Crippen LogP contribution in [-0.4, -0.2) is 18.0 Å². The van der Waals surface area contributed by atoms with Crippen LogP contribution in [0, 0.1) is 6.92 Å². The highest BCUT2D eigenvalue weighted by atomic mass is 16.5. The number of ketones is 1. The molecular formula is C27H26N2O3. The van der Waals surface area contributed by atoms with Gasteiger partial charge >= 0.3 is 0 Å². The van der Waals surface area contributed by atoms with Crippen molar-refractivity contribution in [3.8, 4) is 11.5 Å². The Morgan fingerprint density at radius 3 is 2.53 bits per heavy atom. The van der Waals surface area contributed by atoms with E-state index in [1.807, 2.05) is 24.3 Å². The Balaban J connectivity index is 1.64. The van der Waals surface area contributed by atoms with E-state index in [9.17, 15) is 9.90 Å². The first-order valence-electron chi connectivity index (χ1n) is 10.9. The summed E-state index contributed by atoms with van der Waals surface area (Å²) in [6.45, 7) is 2.05. The summed E-state index contributed by atoms with van der Waals surface area (Å²) >= 11 is 0. The minimum absolute atomic E-state index is 0.0764. The normalized spacial score (nSPS) is 19.9. The molecule has 1 heterocycles. The smallest absolute Gasteiger partial charge is 0.163 e. The molecule has 5 rings (SSSR count). The van der Waals surface area contributed by atoms with E-state index in [1.54, 1.807) is 12.1 Å². The number of anilines is 2. The van der Waals surface area contributed by atoms with Crippen molar-refractivity contribution in [2.45, 2.75) is 31.7 Å². The first-order valence-corrected chi connectivity index (χ1v) is 10.9. The average molecular weight is 427 g/mol. The fraction of sp³-hybridized carbons (Fsp3) is 0.222. The van der Waals surface area contributed by atoms with Gasteiger partial charge in [0, 0.05) is 17.7 Å². The molecule has 1 aliphatic heterocycles. The largest absolute Gasteiger partial charge is 0.504 e. The number of aryl methyl sites for hydroxylation is 1. The number of methoxy groups -OCH3 is 1. The van der Waals surface area contributed by atoms with Crippen LogP contribution in [0.5, 0.6) is 11.5 Å². The van der Waals surface area contributed by atoms with Gasteiger partial charge in [-0.2, -0.15) is 0 Å². The molecule has 0 unspecified atom stereocenters. The van der Waals surface area contributed by atoms with Gasteiger partial charge in [0.1, 0.15) is 0 Å². The number of rotatable bonds is 3. The van der Waals surface area contributed by atoms with Crippen LogP contribution in [0.2, 0.25) is 0 Å².